The van der Waals surface area contributed by atoms with Crippen LogP contribution in [0.2, 0.25) is 0 Å². The van der Waals surface area contributed by atoms with E-state index in [1.807, 2.05) is 37.3 Å². The van der Waals surface area contributed by atoms with Crippen molar-refractivity contribution in [2.75, 3.05) is 17.7 Å². The first kappa shape index (κ1) is 60.9. The Morgan fingerprint density at radius 1 is 0.635 bits per heavy atom. The predicted octanol–water partition coefficient (Wildman–Crippen LogP) is 12.0. The molecule has 0 spiro atoms. The number of aryl methyl sites for hydroxylation is 2. The fourth-order valence-corrected chi connectivity index (χ4v) is 10.6. The Hall–Kier alpha value is -8.70. The third kappa shape index (κ3) is 15.4. The van der Waals surface area contributed by atoms with Gasteiger partial charge in [-0.15, -0.1) is 39.0 Å². The molecule has 0 aliphatic heterocycles. The van der Waals surface area contributed by atoms with Crippen LogP contribution in [0.25, 0.3) is 27.5 Å². The molecule has 0 aliphatic rings. The monoisotopic (exact) mass is 1230 g/mol. The van der Waals surface area contributed by atoms with Crippen LogP contribution in [0.1, 0.15) is 43.7 Å². The lowest BCUT2D eigenvalue weighted by molar-refractivity contribution is -0.603. The number of aromatic hydroxyl groups is 2. The number of benzene rings is 7. The number of methoxy groups -OCH3 is 1. The van der Waals surface area contributed by atoms with E-state index in [1.165, 1.54) is 43.5 Å². The second-order valence-corrected chi connectivity index (χ2v) is 23.1. The molecular weight excluding hydrogens is 1180 g/mol. The lowest BCUT2D eigenvalue weighted by Crippen LogP contribution is -2.32. The summed E-state index contributed by atoms with van der Waals surface area (Å²) in [5.41, 5.74) is 3.97. The van der Waals surface area contributed by atoms with E-state index >= 15 is 0 Å². The average Bonchev–Trinajstić information content (AvgIpc) is 3.35. The molecule has 0 saturated carbocycles. The first-order valence-electron chi connectivity index (χ1n) is 25.4. The number of hydrogen-bond donors (Lipinski definition) is 8. The lowest BCUT2D eigenvalue weighted by Gasteiger charge is -2.15. The molecule has 0 fully saturated rings. The Kier molecular flexibility index (Phi) is 19.6. The summed E-state index contributed by atoms with van der Waals surface area (Å²) in [4.78, 5) is 22.3. The van der Waals surface area contributed by atoms with Crippen molar-refractivity contribution in [2.24, 2.45) is 52.8 Å². The highest BCUT2D eigenvalue weighted by Gasteiger charge is 2.25. The molecule has 0 aliphatic carbocycles. The highest BCUT2D eigenvalue weighted by molar-refractivity contribution is 7.95. The van der Waals surface area contributed by atoms with Crippen LogP contribution in [-0.2, 0) is 45.1 Å². The van der Waals surface area contributed by atoms with Gasteiger partial charge in [-0.3, -0.25) is 0 Å². The highest BCUT2D eigenvalue weighted by Crippen LogP contribution is 2.49. The Labute approximate surface area is 494 Å². The number of azo groups is 3. The normalized spacial score (nSPS) is 12.1. The van der Waals surface area contributed by atoms with E-state index in [0.29, 0.717) is 63.7 Å². The second kappa shape index (κ2) is 27.3. The predicted molar refractivity (Wildman–Crippen MR) is 317 cm³/mol. The number of unbranched alkanes of at least 4 members (excludes halogenated alkanes) is 3. The summed E-state index contributed by atoms with van der Waals surface area (Å²) in [5.74, 6) is 9.66. The van der Waals surface area contributed by atoms with Crippen LogP contribution in [-0.4, -0.2) is 49.1 Å². The van der Waals surface area contributed by atoms with E-state index in [9.17, 15) is 27.0 Å². The van der Waals surface area contributed by atoms with Crippen LogP contribution < -0.4 is 42.0 Å². The van der Waals surface area contributed by atoms with Gasteiger partial charge in [0.25, 0.3) is 0 Å². The van der Waals surface area contributed by atoms with Crippen molar-refractivity contribution in [3.05, 3.63) is 145 Å². The van der Waals surface area contributed by atoms with Gasteiger partial charge in [-0.25, -0.2) is 31.7 Å². The smallest absolute Gasteiger partial charge is 0.444 e. The maximum atomic E-state index is 13.1. The van der Waals surface area contributed by atoms with Crippen LogP contribution in [0.3, 0.4) is 0 Å². The van der Waals surface area contributed by atoms with Crippen LogP contribution in [0.5, 0.6) is 17.2 Å². The van der Waals surface area contributed by atoms with E-state index in [0.717, 1.165) is 37.3 Å². The zero-order chi connectivity index (χ0) is 60.3. The SMILES string of the molecule is CCCCCCc1cc(N=Nc2c(SOON)cc3cc(S(N)(=O)=O)cc(Nc4nc(Nc5ccc(N=Nc6ccc(C)cc6)cc5)nc(-[n+]5ccccc5)n4)c3c2O)c(OC)cc1N=Nc1cc(SOON)cc2cc(S(N)(=O)=O)cc(O)c12. The molecule has 0 amide bonds. The van der Waals surface area contributed by atoms with Gasteiger partial charge in [0.1, 0.15) is 22.9 Å². The van der Waals surface area contributed by atoms with Gasteiger partial charge in [0.2, 0.25) is 20.0 Å². The molecule has 2 aromatic heterocycles. The van der Waals surface area contributed by atoms with E-state index in [2.05, 4.69) is 73.2 Å². The number of aromatic nitrogens is 4. The fourth-order valence-electron chi connectivity index (χ4n) is 8.51. The molecule has 0 bridgehead atoms. The largest absolute Gasteiger partial charge is 0.507 e. The molecular formula is C54H53N16O11S4+. The minimum atomic E-state index is -4.41. The average molecular weight is 1230 g/mol. The fraction of sp³-hybridized carbons (Fsp3) is 0.148. The van der Waals surface area contributed by atoms with Crippen molar-refractivity contribution in [2.45, 2.75) is 65.5 Å². The van der Waals surface area contributed by atoms with Gasteiger partial charge in [-0.1, -0.05) is 49.9 Å². The standard InChI is InChI=1S/C54H52N16O11S4/c1-4-5-6-8-11-32-25-42(46(77-3)30-41(32)66-68-44-27-38(82-80-78-55)22-33-23-40(85(58,75)76)29-45(71)48(33)44)67-69-50-47(83-81-79-56)26-34-24-39(84(57,73)74)28-43(49(34)51(50)72)60-53-61-52(62-54(63-53)70-20-9-7-10-21-70)59-35-16-18-37(19-17-35)65-64-36-14-12-31(2)13-15-36/h7,9-10,12-30H,4-6,8,11,55-56H2,1-3H3,(H7-,57,58,59,60,61,62,63,64,67,68,71,72,73,74,75,76)/p+1. The number of ether oxygens (including phenoxy) is 1. The first-order chi connectivity index (χ1) is 40.9. The van der Waals surface area contributed by atoms with Crippen molar-refractivity contribution < 1.29 is 55.0 Å². The number of fused-ring (bicyclic) bond motifs is 2. The lowest BCUT2D eigenvalue weighted by atomic mass is 10.0. The Morgan fingerprint density at radius 2 is 1.26 bits per heavy atom. The maximum absolute atomic E-state index is 13.1. The molecule has 12 N–H and O–H groups in total. The van der Waals surface area contributed by atoms with Gasteiger partial charge in [-0.05, 0) is 137 Å². The number of pyridine rings is 1. The summed E-state index contributed by atoms with van der Waals surface area (Å²) in [6.45, 7) is 4.07. The Balaban J connectivity index is 1.12. The number of nitrogens with zero attached hydrogens (tertiary/aromatic N) is 10. The van der Waals surface area contributed by atoms with E-state index in [-0.39, 0.29) is 82.6 Å². The molecule has 27 nitrogen and oxygen atoms in total. The number of phenolic OH excluding ortho intramolecular Hbond substituents is 2. The van der Waals surface area contributed by atoms with E-state index in [4.69, 9.17) is 35.5 Å². The first-order valence-corrected chi connectivity index (χ1v) is 30.0. The number of hydrogen-bond acceptors (Lipinski definition) is 26. The summed E-state index contributed by atoms with van der Waals surface area (Å²) in [7, 11) is -7.25. The van der Waals surface area contributed by atoms with Gasteiger partial charge in [0.05, 0.1) is 92.1 Å². The van der Waals surface area contributed by atoms with Gasteiger partial charge in [-0.2, -0.15) is 27.1 Å². The quantitative estimate of drug-likeness (QED) is 0.00658. The summed E-state index contributed by atoms with van der Waals surface area (Å²) < 4.78 is 68.2. The zero-order valence-corrected chi connectivity index (χ0v) is 48.5. The van der Waals surface area contributed by atoms with Gasteiger partial charge in [0, 0.05) is 28.1 Å². The topological polar surface area (TPSA) is 400 Å². The number of rotatable bonds is 25. The van der Waals surface area contributed by atoms with Gasteiger partial charge in [0.15, 0.2) is 5.75 Å². The van der Waals surface area contributed by atoms with Crippen LogP contribution in [0.15, 0.2) is 184 Å². The molecule has 7 aromatic carbocycles. The van der Waals surface area contributed by atoms with Gasteiger partial charge < -0.3 is 25.6 Å². The van der Waals surface area contributed by atoms with Crippen molar-refractivity contribution in [3.8, 4) is 23.2 Å². The Morgan fingerprint density at radius 3 is 1.92 bits per heavy atom. The van der Waals surface area contributed by atoms with E-state index in [1.54, 1.807) is 65.5 Å². The maximum Gasteiger partial charge on any atom is 0.444 e. The number of sulfonamides is 2. The molecule has 0 radical (unpaired) electrons. The summed E-state index contributed by atoms with van der Waals surface area (Å²) in [6.07, 6.45) is 7.41. The van der Waals surface area contributed by atoms with Crippen molar-refractivity contribution in [1.82, 2.24) is 15.0 Å². The van der Waals surface area contributed by atoms with Crippen molar-refractivity contribution >= 4 is 123 Å². The summed E-state index contributed by atoms with van der Waals surface area (Å²) in [5, 5.41) is 68.4. The molecule has 2 heterocycles. The molecule has 9 aromatic rings. The van der Waals surface area contributed by atoms with Crippen molar-refractivity contribution in [1.29, 1.82) is 0 Å². The third-order valence-corrected chi connectivity index (χ3v) is 15.5. The van der Waals surface area contributed by atoms with Crippen LogP contribution >= 0.6 is 24.1 Å². The zero-order valence-electron chi connectivity index (χ0n) is 45.2. The minimum Gasteiger partial charge on any atom is -0.507 e. The minimum absolute atomic E-state index is 0.0157. The van der Waals surface area contributed by atoms with Gasteiger partial charge >= 0.3 is 17.8 Å². The number of primary sulfonamides is 2. The summed E-state index contributed by atoms with van der Waals surface area (Å²) >= 11 is 1.22. The number of anilines is 4. The molecule has 85 heavy (non-hydrogen) atoms. The molecule has 9 rings (SSSR count). The van der Waals surface area contributed by atoms with Crippen LogP contribution in [0, 0.1) is 6.92 Å². The third-order valence-electron chi connectivity index (χ3n) is 12.5. The second-order valence-electron chi connectivity index (χ2n) is 18.5. The van der Waals surface area contributed by atoms with E-state index < -0.39 is 31.5 Å². The number of nitrogens with two attached hydrogens (primary N) is 4. The summed E-state index contributed by atoms with van der Waals surface area (Å²) in [6, 6.07) is 32.5. The van der Waals surface area contributed by atoms with Crippen molar-refractivity contribution in [3.63, 3.8) is 0 Å². The van der Waals surface area contributed by atoms with Crippen LogP contribution in [0.4, 0.5) is 57.4 Å². The number of nitrogens with one attached hydrogen (secondary N) is 2. The molecule has 31 heteroatoms. The Bertz CT molecular complexity index is 4250. The molecule has 0 unspecified atom stereocenters. The highest BCUT2D eigenvalue weighted by atomic mass is 32.2. The molecule has 0 atom stereocenters. The molecule has 0 saturated heterocycles. The molecule has 438 valence electrons. The number of phenols is 2.